The summed E-state index contributed by atoms with van der Waals surface area (Å²) >= 11 is 0. The Balaban J connectivity index is 1.59. The number of H-pyrrole nitrogens is 1. The third-order valence-corrected chi connectivity index (χ3v) is 3.97. The Morgan fingerprint density at radius 2 is 2.09 bits per heavy atom. The van der Waals surface area contributed by atoms with Gasteiger partial charge >= 0.3 is 0 Å². The monoisotopic (exact) mass is 307 g/mol. The average Bonchev–Trinajstić information content (AvgIpc) is 3.25. The van der Waals surface area contributed by atoms with Gasteiger partial charge in [-0.25, -0.2) is 4.98 Å². The minimum atomic E-state index is 0.637. The molecule has 6 heteroatoms. The molecule has 1 aromatic carbocycles. The number of rotatable bonds is 4. The maximum Gasteiger partial charge on any atom is 0.227 e. The van der Waals surface area contributed by atoms with Gasteiger partial charge in [0.05, 0.1) is 0 Å². The van der Waals surface area contributed by atoms with Crippen molar-refractivity contribution in [2.45, 2.75) is 19.8 Å². The fourth-order valence-corrected chi connectivity index (χ4v) is 2.83. The van der Waals surface area contributed by atoms with E-state index in [1.54, 1.807) is 0 Å². The molecule has 4 rings (SSSR count). The van der Waals surface area contributed by atoms with Gasteiger partial charge in [0.25, 0.3) is 0 Å². The predicted octanol–water partition coefficient (Wildman–Crippen LogP) is 3.05. The standard InChI is InChI=1S/C17H17N5O/c1-11-18-9-12(19-11)7-8-16-20-17(21-23-16)14-10-22(2)15-6-4-3-5-13(14)15/h3-6,9-10H,7-8H2,1-2H3,(H,18,19). The Bertz CT molecular complexity index is 962. The molecule has 3 aromatic heterocycles. The van der Waals surface area contributed by atoms with Gasteiger partial charge in [-0.15, -0.1) is 0 Å². The molecule has 6 nitrogen and oxygen atoms in total. The average molecular weight is 307 g/mol. The number of hydrogen-bond donors (Lipinski definition) is 1. The summed E-state index contributed by atoms with van der Waals surface area (Å²) in [5, 5.41) is 5.27. The smallest absolute Gasteiger partial charge is 0.227 e. The number of para-hydroxylation sites is 1. The quantitative estimate of drug-likeness (QED) is 0.629. The van der Waals surface area contributed by atoms with E-state index in [0.717, 1.165) is 34.4 Å². The van der Waals surface area contributed by atoms with Crippen molar-refractivity contribution in [3.63, 3.8) is 0 Å². The van der Waals surface area contributed by atoms with Crippen LogP contribution in [-0.4, -0.2) is 24.7 Å². The molecule has 0 unspecified atom stereocenters. The van der Waals surface area contributed by atoms with Crippen LogP contribution in [0.4, 0.5) is 0 Å². The van der Waals surface area contributed by atoms with Crippen LogP contribution < -0.4 is 0 Å². The Morgan fingerprint density at radius 3 is 2.91 bits per heavy atom. The molecule has 0 aliphatic carbocycles. The molecule has 3 heterocycles. The minimum absolute atomic E-state index is 0.637. The molecule has 0 bridgehead atoms. The van der Waals surface area contributed by atoms with Gasteiger partial charge in [0.2, 0.25) is 11.7 Å². The summed E-state index contributed by atoms with van der Waals surface area (Å²) in [4.78, 5) is 11.9. The van der Waals surface area contributed by atoms with Crippen molar-refractivity contribution >= 4 is 10.9 Å². The zero-order valence-corrected chi connectivity index (χ0v) is 13.1. The fourth-order valence-electron chi connectivity index (χ4n) is 2.83. The van der Waals surface area contributed by atoms with E-state index in [-0.39, 0.29) is 0 Å². The molecule has 23 heavy (non-hydrogen) atoms. The first-order valence-electron chi connectivity index (χ1n) is 7.58. The van der Waals surface area contributed by atoms with Crippen molar-refractivity contribution in [3.8, 4) is 11.4 Å². The minimum Gasteiger partial charge on any atom is -0.350 e. The van der Waals surface area contributed by atoms with Crippen LogP contribution in [0, 0.1) is 6.92 Å². The molecule has 0 radical (unpaired) electrons. The van der Waals surface area contributed by atoms with Gasteiger partial charge in [0, 0.05) is 48.0 Å². The highest BCUT2D eigenvalue weighted by atomic mass is 16.5. The molecule has 0 atom stereocenters. The van der Waals surface area contributed by atoms with Gasteiger partial charge in [-0.05, 0) is 19.4 Å². The van der Waals surface area contributed by atoms with Gasteiger partial charge in [0.1, 0.15) is 5.82 Å². The summed E-state index contributed by atoms with van der Waals surface area (Å²) in [7, 11) is 2.02. The van der Waals surface area contributed by atoms with Crippen molar-refractivity contribution in [2.75, 3.05) is 0 Å². The highest BCUT2D eigenvalue weighted by Crippen LogP contribution is 2.28. The number of hydrogen-bond acceptors (Lipinski definition) is 4. The molecule has 1 N–H and O–H groups in total. The van der Waals surface area contributed by atoms with E-state index in [2.05, 4.69) is 36.8 Å². The normalized spacial score (nSPS) is 11.4. The van der Waals surface area contributed by atoms with Crippen LogP contribution in [-0.2, 0) is 19.9 Å². The number of aromatic amines is 1. The van der Waals surface area contributed by atoms with Crippen LogP contribution in [0.5, 0.6) is 0 Å². The lowest BCUT2D eigenvalue weighted by Gasteiger charge is -1.93. The highest BCUT2D eigenvalue weighted by Gasteiger charge is 2.14. The summed E-state index contributed by atoms with van der Waals surface area (Å²) < 4.78 is 7.48. The van der Waals surface area contributed by atoms with E-state index in [1.807, 2.05) is 38.5 Å². The third-order valence-electron chi connectivity index (χ3n) is 3.97. The number of nitrogens with one attached hydrogen (secondary N) is 1. The number of fused-ring (bicyclic) bond motifs is 1. The van der Waals surface area contributed by atoms with Crippen molar-refractivity contribution in [2.24, 2.45) is 7.05 Å². The number of nitrogens with zero attached hydrogens (tertiary/aromatic N) is 4. The largest absolute Gasteiger partial charge is 0.350 e. The fraction of sp³-hybridized carbons (Fsp3) is 0.235. The van der Waals surface area contributed by atoms with Crippen LogP contribution >= 0.6 is 0 Å². The van der Waals surface area contributed by atoms with Crippen LogP contribution in [0.3, 0.4) is 0 Å². The molecule has 0 aliphatic heterocycles. The third kappa shape index (κ3) is 2.52. The molecule has 0 saturated carbocycles. The van der Waals surface area contributed by atoms with E-state index in [9.17, 15) is 0 Å². The summed E-state index contributed by atoms with van der Waals surface area (Å²) in [6, 6.07) is 8.21. The van der Waals surface area contributed by atoms with Gasteiger partial charge < -0.3 is 14.1 Å². The first-order valence-corrected chi connectivity index (χ1v) is 7.58. The van der Waals surface area contributed by atoms with Crippen molar-refractivity contribution < 1.29 is 4.52 Å². The van der Waals surface area contributed by atoms with Gasteiger partial charge in [-0.2, -0.15) is 4.98 Å². The van der Waals surface area contributed by atoms with E-state index in [0.29, 0.717) is 18.1 Å². The Hall–Kier alpha value is -2.89. The number of aryl methyl sites for hydroxylation is 4. The van der Waals surface area contributed by atoms with Gasteiger partial charge in [-0.3, -0.25) is 0 Å². The molecule has 0 saturated heterocycles. The molecule has 0 spiro atoms. The zero-order chi connectivity index (χ0) is 15.8. The predicted molar refractivity (Wildman–Crippen MR) is 86.9 cm³/mol. The molecule has 0 aliphatic rings. The second kappa shape index (κ2) is 5.39. The molecule has 4 aromatic rings. The second-order valence-electron chi connectivity index (χ2n) is 5.68. The van der Waals surface area contributed by atoms with E-state index >= 15 is 0 Å². The molecular formula is C17H17N5O. The molecule has 0 amide bonds. The molecule has 0 fully saturated rings. The lowest BCUT2D eigenvalue weighted by molar-refractivity contribution is 0.378. The lowest BCUT2D eigenvalue weighted by atomic mass is 10.1. The first-order chi connectivity index (χ1) is 11.2. The highest BCUT2D eigenvalue weighted by molar-refractivity contribution is 5.94. The van der Waals surface area contributed by atoms with Crippen molar-refractivity contribution in [1.29, 1.82) is 0 Å². The van der Waals surface area contributed by atoms with Crippen LogP contribution in [0.15, 0.2) is 41.2 Å². The first kappa shape index (κ1) is 13.8. The van der Waals surface area contributed by atoms with Gasteiger partial charge in [0.15, 0.2) is 0 Å². The van der Waals surface area contributed by atoms with E-state index in [1.165, 1.54) is 0 Å². The van der Waals surface area contributed by atoms with E-state index in [4.69, 9.17) is 4.52 Å². The maximum absolute atomic E-state index is 5.40. The summed E-state index contributed by atoms with van der Waals surface area (Å²) in [5.74, 6) is 2.19. The van der Waals surface area contributed by atoms with Crippen LogP contribution in [0.25, 0.3) is 22.3 Å². The number of aromatic nitrogens is 5. The Morgan fingerprint density at radius 1 is 1.22 bits per heavy atom. The molecular weight excluding hydrogens is 290 g/mol. The summed E-state index contributed by atoms with van der Waals surface area (Å²) in [5.41, 5.74) is 3.23. The van der Waals surface area contributed by atoms with Crippen molar-refractivity contribution in [1.82, 2.24) is 24.7 Å². The Kier molecular flexibility index (Phi) is 3.22. The van der Waals surface area contributed by atoms with Crippen LogP contribution in [0.2, 0.25) is 0 Å². The SMILES string of the molecule is Cc1ncc(CCc2nc(-c3cn(C)c4ccccc34)no2)[nH]1. The van der Waals surface area contributed by atoms with Crippen molar-refractivity contribution in [3.05, 3.63) is 54.1 Å². The van der Waals surface area contributed by atoms with Gasteiger partial charge in [-0.1, -0.05) is 23.4 Å². The Labute approximate surface area is 133 Å². The molecule has 116 valence electrons. The lowest BCUT2D eigenvalue weighted by Crippen LogP contribution is -1.92. The van der Waals surface area contributed by atoms with E-state index < -0.39 is 0 Å². The maximum atomic E-state index is 5.40. The number of benzene rings is 1. The summed E-state index contributed by atoms with van der Waals surface area (Å²) in [6.07, 6.45) is 5.38. The number of imidazole rings is 1. The topological polar surface area (TPSA) is 72.5 Å². The summed E-state index contributed by atoms with van der Waals surface area (Å²) in [6.45, 7) is 1.94. The van der Waals surface area contributed by atoms with Crippen LogP contribution in [0.1, 0.15) is 17.4 Å². The zero-order valence-electron chi connectivity index (χ0n) is 13.1. The second-order valence-corrected chi connectivity index (χ2v) is 5.68.